The van der Waals surface area contributed by atoms with Gasteiger partial charge >= 0.3 is 0 Å². The van der Waals surface area contributed by atoms with Gasteiger partial charge in [0.15, 0.2) is 5.69 Å². The van der Waals surface area contributed by atoms with Gasteiger partial charge in [-0.05, 0) is 70.4 Å². The van der Waals surface area contributed by atoms with Crippen LogP contribution in [0.3, 0.4) is 0 Å². The first kappa shape index (κ1) is 25.9. The van der Waals surface area contributed by atoms with Gasteiger partial charge in [-0.2, -0.15) is 0 Å². The number of primary amides is 1. The summed E-state index contributed by atoms with van der Waals surface area (Å²) in [6.07, 6.45) is 1.24. The van der Waals surface area contributed by atoms with Crippen LogP contribution in [-0.2, 0) is 0 Å². The molecule has 0 saturated carbocycles. The molecule has 0 bridgehead atoms. The highest BCUT2D eigenvalue weighted by molar-refractivity contribution is 6.34. The van der Waals surface area contributed by atoms with Crippen molar-refractivity contribution in [3.63, 3.8) is 0 Å². The summed E-state index contributed by atoms with van der Waals surface area (Å²) in [6.45, 7) is 4.20. The Balaban J connectivity index is 1.90. The molecular formula is C24H26ClFN6O3. The Morgan fingerprint density at radius 2 is 1.80 bits per heavy atom. The van der Waals surface area contributed by atoms with Gasteiger partial charge < -0.3 is 25.8 Å². The number of likely N-dealkylation sites (N-methyl/N-ethyl adjacent to an activating group) is 1. The van der Waals surface area contributed by atoms with E-state index in [0.29, 0.717) is 11.4 Å². The molecule has 0 spiro atoms. The molecule has 3 amide bonds. The number of nitrogens with two attached hydrogens (primary N) is 1. The van der Waals surface area contributed by atoms with Crippen molar-refractivity contribution in [2.24, 2.45) is 5.73 Å². The lowest BCUT2D eigenvalue weighted by molar-refractivity contribution is 0.0940. The van der Waals surface area contributed by atoms with Gasteiger partial charge in [0.25, 0.3) is 17.7 Å². The lowest BCUT2D eigenvalue weighted by Gasteiger charge is -2.37. The van der Waals surface area contributed by atoms with E-state index in [1.807, 2.05) is 32.8 Å². The molecule has 0 unspecified atom stereocenters. The van der Waals surface area contributed by atoms with E-state index in [0.717, 1.165) is 12.1 Å². The summed E-state index contributed by atoms with van der Waals surface area (Å²) in [5.41, 5.74) is 5.86. The van der Waals surface area contributed by atoms with Crippen molar-refractivity contribution >= 4 is 40.7 Å². The summed E-state index contributed by atoms with van der Waals surface area (Å²) in [5, 5.41) is 2.69. The maximum atomic E-state index is 13.4. The second-order valence-electron chi connectivity index (χ2n) is 8.71. The predicted octanol–water partition coefficient (Wildman–Crippen LogP) is 3.54. The van der Waals surface area contributed by atoms with Crippen molar-refractivity contribution in [3.05, 3.63) is 76.6 Å². The van der Waals surface area contributed by atoms with Crippen LogP contribution in [0.25, 0.3) is 0 Å². The van der Waals surface area contributed by atoms with E-state index >= 15 is 0 Å². The van der Waals surface area contributed by atoms with Gasteiger partial charge in [0.1, 0.15) is 11.5 Å². The zero-order valence-corrected chi connectivity index (χ0v) is 20.5. The highest BCUT2D eigenvalue weighted by Crippen LogP contribution is 2.25. The molecule has 0 saturated heterocycles. The average molecular weight is 501 g/mol. The third-order valence-corrected chi connectivity index (χ3v) is 6.01. The third-order valence-electron chi connectivity index (χ3n) is 5.70. The number of amides is 3. The Labute approximate surface area is 207 Å². The number of imidazole rings is 1. The summed E-state index contributed by atoms with van der Waals surface area (Å²) in [5.74, 6) is -2.36. The molecular weight excluding hydrogens is 475 g/mol. The SMILES string of the molecule is CN(C)C(C)(C)CN(C(=O)c1nc[nH]c1C(N)=O)c1ccc(NC(=O)c2ccc(F)cc2Cl)cc1. The maximum absolute atomic E-state index is 13.4. The van der Waals surface area contributed by atoms with Gasteiger partial charge in [-0.15, -0.1) is 0 Å². The molecule has 0 atom stereocenters. The highest BCUT2D eigenvalue weighted by atomic mass is 35.5. The summed E-state index contributed by atoms with van der Waals surface area (Å²) in [4.78, 5) is 47.8. The Bertz CT molecular complexity index is 1260. The first-order valence-corrected chi connectivity index (χ1v) is 11.0. The molecule has 3 aromatic rings. The number of hydrogen-bond donors (Lipinski definition) is 3. The van der Waals surface area contributed by atoms with Gasteiger partial charge in [-0.1, -0.05) is 11.6 Å². The smallest absolute Gasteiger partial charge is 0.279 e. The van der Waals surface area contributed by atoms with Gasteiger partial charge in [-0.25, -0.2) is 9.37 Å². The molecule has 2 aromatic carbocycles. The number of nitrogens with one attached hydrogen (secondary N) is 2. The molecule has 1 heterocycles. The van der Waals surface area contributed by atoms with Crippen molar-refractivity contribution in [2.45, 2.75) is 19.4 Å². The second-order valence-corrected chi connectivity index (χ2v) is 9.12. The minimum Gasteiger partial charge on any atom is -0.364 e. The third kappa shape index (κ3) is 5.84. The summed E-state index contributed by atoms with van der Waals surface area (Å²) < 4.78 is 13.3. The van der Waals surface area contributed by atoms with Crippen LogP contribution in [0.1, 0.15) is 45.2 Å². The molecule has 9 nitrogen and oxygen atoms in total. The topological polar surface area (TPSA) is 124 Å². The fraction of sp³-hybridized carbons (Fsp3) is 0.250. The number of rotatable bonds is 8. The lowest BCUT2D eigenvalue weighted by atomic mass is 10.0. The molecule has 11 heteroatoms. The zero-order chi connectivity index (χ0) is 25.9. The summed E-state index contributed by atoms with van der Waals surface area (Å²) >= 11 is 5.97. The van der Waals surface area contributed by atoms with E-state index in [-0.39, 0.29) is 28.5 Å². The van der Waals surface area contributed by atoms with Gasteiger partial charge in [-0.3, -0.25) is 14.4 Å². The maximum Gasteiger partial charge on any atom is 0.279 e. The molecule has 0 aliphatic rings. The largest absolute Gasteiger partial charge is 0.364 e. The molecule has 3 rings (SSSR count). The number of carbonyl (C=O) groups is 3. The Morgan fingerprint density at radius 3 is 2.37 bits per heavy atom. The van der Waals surface area contributed by atoms with E-state index in [9.17, 15) is 18.8 Å². The quantitative estimate of drug-likeness (QED) is 0.436. The Hall–Kier alpha value is -3.76. The summed E-state index contributed by atoms with van der Waals surface area (Å²) in [6, 6.07) is 10.1. The van der Waals surface area contributed by atoms with Crippen LogP contribution in [-0.4, -0.2) is 58.8 Å². The van der Waals surface area contributed by atoms with Crippen molar-refractivity contribution in [1.82, 2.24) is 14.9 Å². The number of aromatic nitrogens is 2. The van der Waals surface area contributed by atoms with Crippen molar-refractivity contribution in [1.29, 1.82) is 0 Å². The van der Waals surface area contributed by atoms with Crippen molar-refractivity contribution in [3.8, 4) is 0 Å². The minimum atomic E-state index is -0.796. The number of aromatic amines is 1. The van der Waals surface area contributed by atoms with Crippen LogP contribution in [0.5, 0.6) is 0 Å². The molecule has 0 radical (unpaired) electrons. The van der Waals surface area contributed by atoms with Gasteiger partial charge in [0.2, 0.25) is 0 Å². The molecule has 4 N–H and O–H groups in total. The fourth-order valence-electron chi connectivity index (χ4n) is 3.18. The normalized spacial score (nSPS) is 11.4. The lowest BCUT2D eigenvalue weighted by Crippen LogP contribution is -2.50. The van der Waals surface area contributed by atoms with Gasteiger partial charge in [0.05, 0.1) is 16.9 Å². The van der Waals surface area contributed by atoms with Crippen LogP contribution in [0.4, 0.5) is 15.8 Å². The fourth-order valence-corrected chi connectivity index (χ4v) is 3.43. The first-order valence-electron chi connectivity index (χ1n) is 10.6. The van der Waals surface area contributed by atoms with Crippen molar-refractivity contribution in [2.75, 3.05) is 30.9 Å². The van der Waals surface area contributed by atoms with Crippen LogP contribution >= 0.6 is 11.6 Å². The molecule has 184 valence electrons. The number of carbonyl (C=O) groups excluding carboxylic acids is 3. The van der Waals surface area contributed by atoms with Crippen LogP contribution < -0.4 is 16.0 Å². The number of H-pyrrole nitrogens is 1. The Morgan fingerprint density at radius 1 is 1.14 bits per heavy atom. The van der Waals surface area contributed by atoms with Gasteiger partial charge in [0, 0.05) is 23.5 Å². The highest BCUT2D eigenvalue weighted by Gasteiger charge is 2.31. The molecule has 35 heavy (non-hydrogen) atoms. The summed E-state index contributed by atoms with van der Waals surface area (Å²) in [7, 11) is 3.79. The number of anilines is 2. The number of benzene rings is 2. The molecule has 0 aliphatic carbocycles. The van der Waals surface area contributed by atoms with Crippen LogP contribution in [0, 0.1) is 5.82 Å². The first-order chi connectivity index (χ1) is 16.4. The van der Waals surface area contributed by atoms with Crippen LogP contribution in [0.15, 0.2) is 48.8 Å². The number of hydrogen-bond acceptors (Lipinski definition) is 5. The predicted molar refractivity (Wildman–Crippen MR) is 132 cm³/mol. The monoisotopic (exact) mass is 500 g/mol. The van der Waals surface area contributed by atoms with Crippen molar-refractivity contribution < 1.29 is 18.8 Å². The second kappa shape index (κ2) is 10.2. The average Bonchev–Trinajstić information content (AvgIpc) is 3.28. The number of nitrogens with zero attached hydrogens (tertiary/aromatic N) is 3. The minimum absolute atomic E-state index is 0.00827. The molecule has 1 aromatic heterocycles. The molecule has 0 fully saturated rings. The van der Waals surface area contributed by atoms with E-state index < -0.39 is 29.1 Å². The van der Waals surface area contributed by atoms with E-state index in [4.69, 9.17) is 17.3 Å². The van der Waals surface area contributed by atoms with E-state index in [1.165, 1.54) is 17.3 Å². The van der Waals surface area contributed by atoms with E-state index in [1.54, 1.807) is 24.3 Å². The zero-order valence-electron chi connectivity index (χ0n) is 19.7. The van der Waals surface area contributed by atoms with E-state index in [2.05, 4.69) is 15.3 Å². The van der Waals surface area contributed by atoms with Crippen LogP contribution in [0.2, 0.25) is 5.02 Å². The Kier molecular flexibility index (Phi) is 7.57. The number of halogens is 2. The molecule has 0 aliphatic heterocycles. The standard InChI is InChI=1S/C24H26ClFN6O3/c1-24(2,31(3)4)12-32(23(35)20-19(21(27)33)28-13-29-20)16-8-6-15(7-9-16)30-22(34)17-10-5-14(26)11-18(17)25/h5-11,13H,12H2,1-4H3,(H2,27,33)(H,28,29)(H,30,34).